The Morgan fingerprint density at radius 2 is 2.08 bits per heavy atom. The smallest absolute Gasteiger partial charge is 0.155 e. The molecule has 0 fully saturated rings. The van der Waals surface area contributed by atoms with Gasteiger partial charge in [0.25, 0.3) is 0 Å². The van der Waals surface area contributed by atoms with Gasteiger partial charge in [0.15, 0.2) is 5.72 Å². The van der Waals surface area contributed by atoms with Crippen molar-refractivity contribution in [3.8, 4) is 5.75 Å². The van der Waals surface area contributed by atoms with Crippen molar-refractivity contribution in [2.24, 2.45) is 0 Å². The normalized spacial score (nSPS) is 19.5. The van der Waals surface area contributed by atoms with E-state index < -0.39 is 0 Å². The van der Waals surface area contributed by atoms with Crippen molar-refractivity contribution in [3.05, 3.63) is 29.8 Å². The van der Waals surface area contributed by atoms with Crippen LogP contribution in [0.2, 0.25) is 0 Å². The van der Waals surface area contributed by atoms with Crippen LogP contribution in [0.3, 0.4) is 0 Å². The number of hydrogen-bond acceptors (Lipinski definition) is 2. The first-order valence-electron chi connectivity index (χ1n) is 4.19. The van der Waals surface area contributed by atoms with Crippen LogP contribution in [-0.2, 0) is 6.54 Å². The summed E-state index contributed by atoms with van der Waals surface area (Å²) in [5, 5.41) is 3.29. The molecule has 64 valence electrons. The zero-order chi connectivity index (χ0) is 8.60. The van der Waals surface area contributed by atoms with Gasteiger partial charge in [-0.05, 0) is 19.9 Å². The van der Waals surface area contributed by atoms with Crippen LogP contribution in [-0.4, -0.2) is 5.72 Å². The average molecular weight is 163 g/mol. The first-order valence-corrected chi connectivity index (χ1v) is 4.19. The number of rotatable bonds is 0. The van der Waals surface area contributed by atoms with Gasteiger partial charge in [-0.2, -0.15) is 0 Å². The van der Waals surface area contributed by atoms with Crippen LogP contribution in [0.5, 0.6) is 5.75 Å². The fourth-order valence-electron chi connectivity index (χ4n) is 1.37. The molecule has 2 rings (SSSR count). The van der Waals surface area contributed by atoms with Gasteiger partial charge in [0.2, 0.25) is 0 Å². The van der Waals surface area contributed by atoms with E-state index in [0.29, 0.717) is 0 Å². The van der Waals surface area contributed by atoms with Crippen LogP contribution < -0.4 is 10.1 Å². The molecule has 0 radical (unpaired) electrons. The molecule has 12 heavy (non-hydrogen) atoms. The van der Waals surface area contributed by atoms with Crippen molar-refractivity contribution < 1.29 is 4.74 Å². The highest BCUT2D eigenvalue weighted by molar-refractivity contribution is 5.35. The molecule has 0 amide bonds. The van der Waals surface area contributed by atoms with Crippen molar-refractivity contribution in [2.45, 2.75) is 26.1 Å². The predicted molar refractivity (Wildman–Crippen MR) is 48.0 cm³/mol. The molecule has 1 N–H and O–H groups in total. The fourth-order valence-corrected chi connectivity index (χ4v) is 1.37. The van der Waals surface area contributed by atoms with Crippen molar-refractivity contribution in [1.29, 1.82) is 0 Å². The molecule has 0 bridgehead atoms. The van der Waals surface area contributed by atoms with E-state index in [1.165, 1.54) is 5.56 Å². The summed E-state index contributed by atoms with van der Waals surface area (Å²) >= 11 is 0. The van der Waals surface area contributed by atoms with E-state index >= 15 is 0 Å². The Labute approximate surface area is 72.5 Å². The zero-order valence-electron chi connectivity index (χ0n) is 7.42. The number of para-hydroxylation sites is 1. The summed E-state index contributed by atoms with van der Waals surface area (Å²) in [6.07, 6.45) is 0. The van der Waals surface area contributed by atoms with Crippen molar-refractivity contribution >= 4 is 0 Å². The first kappa shape index (κ1) is 7.62. The molecule has 1 heterocycles. The van der Waals surface area contributed by atoms with Crippen molar-refractivity contribution in [3.63, 3.8) is 0 Å². The number of ether oxygens (including phenoxy) is 1. The lowest BCUT2D eigenvalue weighted by Crippen LogP contribution is -2.47. The van der Waals surface area contributed by atoms with Crippen LogP contribution in [0.25, 0.3) is 0 Å². The monoisotopic (exact) mass is 163 g/mol. The molecular formula is C10H13NO. The number of fused-ring (bicyclic) bond motifs is 1. The third-order valence-corrected chi connectivity index (χ3v) is 2.04. The summed E-state index contributed by atoms with van der Waals surface area (Å²) in [7, 11) is 0. The minimum Gasteiger partial charge on any atom is -0.473 e. The van der Waals surface area contributed by atoms with Gasteiger partial charge < -0.3 is 4.74 Å². The summed E-state index contributed by atoms with van der Waals surface area (Å²) in [6.45, 7) is 4.95. The van der Waals surface area contributed by atoms with Gasteiger partial charge in [0.05, 0.1) is 0 Å². The number of nitrogens with one attached hydrogen (secondary N) is 1. The summed E-state index contributed by atoms with van der Waals surface area (Å²) in [4.78, 5) is 0. The van der Waals surface area contributed by atoms with Gasteiger partial charge in [-0.1, -0.05) is 18.2 Å². The lowest BCUT2D eigenvalue weighted by atomic mass is 10.1. The second-order valence-corrected chi connectivity index (χ2v) is 3.57. The highest BCUT2D eigenvalue weighted by atomic mass is 16.5. The zero-order valence-corrected chi connectivity index (χ0v) is 7.42. The molecule has 0 saturated carbocycles. The van der Waals surface area contributed by atoms with Crippen LogP contribution in [0.15, 0.2) is 24.3 Å². The SMILES string of the molecule is CC1(C)NCc2ccccc2O1. The standard InChI is InChI=1S/C10H13NO/c1-10(2)11-7-8-5-3-4-6-9(8)12-10/h3-6,11H,7H2,1-2H3. The number of hydrogen-bond donors (Lipinski definition) is 1. The van der Waals surface area contributed by atoms with Gasteiger partial charge >= 0.3 is 0 Å². The Morgan fingerprint density at radius 1 is 1.33 bits per heavy atom. The largest absolute Gasteiger partial charge is 0.473 e. The third kappa shape index (κ3) is 1.30. The lowest BCUT2D eigenvalue weighted by Gasteiger charge is -2.33. The molecule has 2 nitrogen and oxygen atoms in total. The van der Waals surface area contributed by atoms with E-state index in [-0.39, 0.29) is 5.72 Å². The maximum absolute atomic E-state index is 5.71. The average Bonchev–Trinajstić information content (AvgIpc) is 2.02. The first-order chi connectivity index (χ1) is 5.67. The Morgan fingerprint density at radius 3 is 2.92 bits per heavy atom. The molecule has 0 atom stereocenters. The Bertz CT molecular complexity index is 294. The summed E-state index contributed by atoms with van der Waals surface area (Å²) in [6, 6.07) is 8.12. The van der Waals surface area contributed by atoms with Crippen LogP contribution >= 0.6 is 0 Å². The topological polar surface area (TPSA) is 21.3 Å². The summed E-state index contributed by atoms with van der Waals surface area (Å²) in [5.41, 5.74) is 1.01. The molecule has 0 spiro atoms. The second-order valence-electron chi connectivity index (χ2n) is 3.57. The van der Waals surface area contributed by atoms with Crippen molar-refractivity contribution in [1.82, 2.24) is 5.32 Å². The second kappa shape index (κ2) is 2.49. The van der Waals surface area contributed by atoms with E-state index in [9.17, 15) is 0 Å². The summed E-state index contributed by atoms with van der Waals surface area (Å²) < 4.78 is 5.71. The quantitative estimate of drug-likeness (QED) is 0.630. The molecule has 1 aromatic carbocycles. The fraction of sp³-hybridized carbons (Fsp3) is 0.400. The number of benzene rings is 1. The Hall–Kier alpha value is -1.02. The summed E-state index contributed by atoms with van der Waals surface area (Å²) in [5.74, 6) is 1.00. The molecule has 0 saturated heterocycles. The van der Waals surface area contributed by atoms with Gasteiger partial charge in [-0.3, -0.25) is 5.32 Å². The van der Waals surface area contributed by atoms with E-state index in [1.54, 1.807) is 0 Å². The van der Waals surface area contributed by atoms with E-state index in [0.717, 1.165) is 12.3 Å². The molecule has 0 aromatic heterocycles. The van der Waals surface area contributed by atoms with E-state index in [1.807, 2.05) is 32.0 Å². The van der Waals surface area contributed by atoms with Crippen molar-refractivity contribution in [2.75, 3.05) is 0 Å². The Kier molecular flexibility index (Phi) is 1.58. The molecular weight excluding hydrogens is 150 g/mol. The van der Waals surface area contributed by atoms with Crippen LogP contribution in [0.4, 0.5) is 0 Å². The Balaban J connectivity index is 2.35. The van der Waals surface area contributed by atoms with Gasteiger partial charge in [0, 0.05) is 12.1 Å². The highest BCUT2D eigenvalue weighted by Crippen LogP contribution is 2.26. The predicted octanol–water partition coefficient (Wildman–Crippen LogP) is 1.90. The van der Waals surface area contributed by atoms with Gasteiger partial charge in [0.1, 0.15) is 5.75 Å². The van der Waals surface area contributed by atoms with Gasteiger partial charge in [-0.25, -0.2) is 0 Å². The minimum absolute atomic E-state index is 0.228. The molecule has 2 heteroatoms. The molecule has 1 aliphatic heterocycles. The van der Waals surface area contributed by atoms with Crippen LogP contribution in [0.1, 0.15) is 19.4 Å². The molecule has 1 aromatic rings. The molecule has 1 aliphatic rings. The lowest BCUT2D eigenvalue weighted by molar-refractivity contribution is 0.0531. The maximum Gasteiger partial charge on any atom is 0.155 e. The van der Waals surface area contributed by atoms with E-state index in [2.05, 4.69) is 11.4 Å². The minimum atomic E-state index is -0.228. The van der Waals surface area contributed by atoms with Crippen LogP contribution in [0, 0.1) is 0 Å². The van der Waals surface area contributed by atoms with Gasteiger partial charge in [-0.15, -0.1) is 0 Å². The third-order valence-electron chi connectivity index (χ3n) is 2.04. The molecule has 0 unspecified atom stereocenters. The molecule has 0 aliphatic carbocycles. The highest BCUT2D eigenvalue weighted by Gasteiger charge is 2.24. The van der Waals surface area contributed by atoms with E-state index in [4.69, 9.17) is 4.74 Å². The maximum atomic E-state index is 5.71.